The molecule has 0 N–H and O–H groups in total. The Kier molecular flexibility index (Phi) is 7.85. The van der Waals surface area contributed by atoms with Gasteiger partial charge in [0.1, 0.15) is 5.82 Å². The zero-order valence-corrected chi connectivity index (χ0v) is 19.1. The normalized spacial score (nSPS) is 17.2. The van der Waals surface area contributed by atoms with Crippen molar-refractivity contribution in [1.29, 1.82) is 0 Å². The lowest BCUT2D eigenvalue weighted by Gasteiger charge is -2.41. The number of rotatable bonds is 9. The van der Waals surface area contributed by atoms with Gasteiger partial charge in [-0.15, -0.1) is 0 Å². The standard InChI is InChI=1S/C27H30FNO2S/c28-25-11-13-26(14-12-25)32(30)22-27(31-21-24-9-5-2-6-10-24)16-19-29(20-17-27)18-15-23-7-3-1-4-8-23/h1-14H,15-22H2. The molecule has 0 spiro atoms. The molecular formula is C27H30FNO2S. The molecule has 3 nitrogen and oxygen atoms in total. The summed E-state index contributed by atoms with van der Waals surface area (Å²) in [5.74, 6) is 0.116. The number of benzene rings is 3. The molecule has 0 aliphatic carbocycles. The number of nitrogens with zero attached hydrogens (tertiary/aromatic N) is 1. The minimum absolute atomic E-state index is 0.312. The van der Waals surface area contributed by atoms with Crippen LogP contribution in [0.2, 0.25) is 0 Å². The predicted molar refractivity (Wildman–Crippen MR) is 127 cm³/mol. The number of likely N-dealkylation sites (tertiary alicyclic amines) is 1. The monoisotopic (exact) mass is 451 g/mol. The van der Waals surface area contributed by atoms with Crippen LogP contribution in [-0.2, 0) is 28.6 Å². The number of piperidine rings is 1. The van der Waals surface area contributed by atoms with Crippen molar-refractivity contribution in [2.24, 2.45) is 0 Å². The minimum atomic E-state index is -1.24. The fourth-order valence-corrected chi connectivity index (χ4v) is 5.62. The second-order valence-corrected chi connectivity index (χ2v) is 9.93. The lowest BCUT2D eigenvalue weighted by Crippen LogP contribution is -2.49. The van der Waals surface area contributed by atoms with Gasteiger partial charge >= 0.3 is 0 Å². The van der Waals surface area contributed by atoms with Gasteiger partial charge in [0, 0.05) is 24.5 Å². The molecule has 5 heteroatoms. The molecule has 0 radical (unpaired) electrons. The van der Waals surface area contributed by atoms with Crippen molar-refractivity contribution in [3.8, 4) is 0 Å². The van der Waals surface area contributed by atoms with E-state index in [-0.39, 0.29) is 5.82 Å². The summed E-state index contributed by atoms with van der Waals surface area (Å²) in [5.41, 5.74) is 2.02. The van der Waals surface area contributed by atoms with Crippen molar-refractivity contribution in [1.82, 2.24) is 4.90 Å². The Labute approximate surface area is 192 Å². The Bertz CT molecular complexity index is 987. The van der Waals surface area contributed by atoms with Crippen molar-refractivity contribution < 1.29 is 13.3 Å². The van der Waals surface area contributed by atoms with Gasteiger partial charge in [0.25, 0.3) is 0 Å². The van der Waals surface area contributed by atoms with Crippen LogP contribution in [0.3, 0.4) is 0 Å². The van der Waals surface area contributed by atoms with Gasteiger partial charge in [0.2, 0.25) is 0 Å². The number of hydrogen-bond donors (Lipinski definition) is 0. The van der Waals surface area contributed by atoms with Crippen LogP contribution in [0.15, 0.2) is 89.8 Å². The zero-order valence-electron chi connectivity index (χ0n) is 18.3. The molecule has 1 unspecified atom stereocenters. The van der Waals surface area contributed by atoms with E-state index in [2.05, 4.69) is 41.3 Å². The van der Waals surface area contributed by atoms with E-state index in [4.69, 9.17) is 4.74 Å². The van der Waals surface area contributed by atoms with E-state index in [9.17, 15) is 8.60 Å². The van der Waals surface area contributed by atoms with Crippen LogP contribution in [0, 0.1) is 5.82 Å². The van der Waals surface area contributed by atoms with E-state index >= 15 is 0 Å². The van der Waals surface area contributed by atoms with Gasteiger partial charge in [-0.1, -0.05) is 60.7 Å². The van der Waals surface area contributed by atoms with Crippen molar-refractivity contribution in [2.75, 3.05) is 25.4 Å². The number of ether oxygens (including phenoxy) is 1. The van der Waals surface area contributed by atoms with E-state index in [1.165, 1.54) is 17.7 Å². The molecule has 1 saturated heterocycles. The Balaban J connectivity index is 1.40. The fourth-order valence-electron chi connectivity index (χ4n) is 4.17. The maximum atomic E-state index is 13.3. The van der Waals surface area contributed by atoms with Crippen LogP contribution in [-0.4, -0.2) is 40.1 Å². The number of hydrogen-bond acceptors (Lipinski definition) is 3. The van der Waals surface area contributed by atoms with Crippen LogP contribution in [0.5, 0.6) is 0 Å². The number of halogens is 1. The highest BCUT2D eigenvalue weighted by Gasteiger charge is 2.37. The molecule has 168 valence electrons. The van der Waals surface area contributed by atoms with Crippen molar-refractivity contribution in [3.05, 3.63) is 102 Å². The fraction of sp³-hybridized carbons (Fsp3) is 0.333. The molecule has 1 fully saturated rings. The molecule has 4 rings (SSSR count). The summed E-state index contributed by atoms with van der Waals surface area (Å²) in [5, 5.41) is 0. The first kappa shape index (κ1) is 22.8. The molecule has 3 aromatic carbocycles. The lowest BCUT2D eigenvalue weighted by atomic mass is 9.92. The maximum Gasteiger partial charge on any atom is 0.123 e. The van der Waals surface area contributed by atoms with E-state index in [1.54, 1.807) is 12.1 Å². The van der Waals surface area contributed by atoms with Crippen molar-refractivity contribution in [2.45, 2.75) is 36.4 Å². The summed E-state index contributed by atoms with van der Waals surface area (Å²) in [6.07, 6.45) is 2.70. The second kappa shape index (κ2) is 11.0. The highest BCUT2D eigenvalue weighted by atomic mass is 32.2. The Morgan fingerprint density at radius 2 is 1.44 bits per heavy atom. The van der Waals surface area contributed by atoms with Gasteiger partial charge in [-0.2, -0.15) is 0 Å². The largest absolute Gasteiger partial charge is 0.369 e. The van der Waals surface area contributed by atoms with E-state index in [1.807, 2.05) is 24.3 Å². The Morgan fingerprint density at radius 3 is 2.06 bits per heavy atom. The third-order valence-corrected chi connectivity index (χ3v) is 7.77. The predicted octanol–water partition coefficient (Wildman–Crippen LogP) is 5.23. The first-order valence-electron chi connectivity index (χ1n) is 11.2. The quantitative estimate of drug-likeness (QED) is 0.446. The molecule has 0 bridgehead atoms. The van der Waals surface area contributed by atoms with Gasteiger partial charge in [-0.05, 0) is 54.7 Å². The van der Waals surface area contributed by atoms with Crippen LogP contribution >= 0.6 is 0 Å². The van der Waals surface area contributed by atoms with E-state index in [0.29, 0.717) is 17.3 Å². The molecule has 0 aromatic heterocycles. The molecule has 1 atom stereocenters. The van der Waals surface area contributed by atoms with E-state index < -0.39 is 16.4 Å². The van der Waals surface area contributed by atoms with Crippen LogP contribution in [0.1, 0.15) is 24.0 Å². The molecule has 1 aliphatic rings. The summed E-state index contributed by atoms with van der Waals surface area (Å²) >= 11 is 0. The smallest absolute Gasteiger partial charge is 0.123 e. The molecule has 0 saturated carbocycles. The summed E-state index contributed by atoms with van der Waals surface area (Å²) in [7, 11) is -1.24. The summed E-state index contributed by atoms with van der Waals surface area (Å²) < 4.78 is 32.9. The molecule has 0 amide bonds. The summed E-state index contributed by atoms with van der Waals surface area (Å²) in [6.45, 7) is 3.36. The van der Waals surface area contributed by atoms with Gasteiger partial charge in [0.05, 0.1) is 28.8 Å². The summed E-state index contributed by atoms with van der Waals surface area (Å²) in [6, 6.07) is 26.6. The van der Waals surface area contributed by atoms with Gasteiger partial charge in [-0.25, -0.2) is 4.39 Å². The third-order valence-electron chi connectivity index (χ3n) is 6.19. The second-order valence-electron chi connectivity index (χ2n) is 8.48. The van der Waals surface area contributed by atoms with Crippen LogP contribution < -0.4 is 0 Å². The molecule has 32 heavy (non-hydrogen) atoms. The van der Waals surface area contributed by atoms with E-state index in [0.717, 1.165) is 44.5 Å². The highest BCUT2D eigenvalue weighted by molar-refractivity contribution is 7.85. The maximum absolute atomic E-state index is 13.3. The van der Waals surface area contributed by atoms with Gasteiger partial charge in [0.15, 0.2) is 0 Å². The Morgan fingerprint density at radius 1 is 0.844 bits per heavy atom. The Hall–Kier alpha value is -2.34. The SMILES string of the molecule is O=S(CC1(OCc2ccccc2)CCN(CCc2ccccc2)CC1)c1ccc(F)cc1. The molecule has 3 aromatic rings. The average Bonchev–Trinajstić information content (AvgIpc) is 2.84. The minimum Gasteiger partial charge on any atom is -0.369 e. The first-order valence-corrected chi connectivity index (χ1v) is 12.5. The zero-order chi connectivity index (χ0) is 22.2. The van der Waals surface area contributed by atoms with Gasteiger partial charge < -0.3 is 9.64 Å². The van der Waals surface area contributed by atoms with Crippen LogP contribution in [0.4, 0.5) is 4.39 Å². The van der Waals surface area contributed by atoms with Crippen molar-refractivity contribution in [3.63, 3.8) is 0 Å². The molecule has 1 aliphatic heterocycles. The van der Waals surface area contributed by atoms with Crippen LogP contribution in [0.25, 0.3) is 0 Å². The third kappa shape index (κ3) is 6.35. The van der Waals surface area contributed by atoms with Crippen molar-refractivity contribution >= 4 is 10.8 Å². The first-order chi connectivity index (χ1) is 15.6. The molecular weight excluding hydrogens is 421 g/mol. The lowest BCUT2D eigenvalue weighted by molar-refractivity contribution is -0.0772. The van der Waals surface area contributed by atoms with Gasteiger partial charge in [-0.3, -0.25) is 4.21 Å². The highest BCUT2D eigenvalue weighted by Crippen LogP contribution is 2.30. The average molecular weight is 452 g/mol. The molecule has 1 heterocycles. The topological polar surface area (TPSA) is 29.5 Å². The summed E-state index contributed by atoms with van der Waals surface area (Å²) in [4.78, 5) is 3.12.